The van der Waals surface area contributed by atoms with Crippen molar-refractivity contribution in [1.29, 1.82) is 0 Å². The van der Waals surface area contributed by atoms with Crippen molar-refractivity contribution in [3.05, 3.63) is 0 Å². The summed E-state index contributed by atoms with van der Waals surface area (Å²) in [7, 11) is 2.27. The molecule has 0 rings (SSSR count). The van der Waals surface area contributed by atoms with Crippen molar-refractivity contribution >= 4 is 11.8 Å². The maximum absolute atomic E-state index is 3.47. The van der Waals surface area contributed by atoms with Gasteiger partial charge in [-0.2, -0.15) is 11.8 Å². The lowest BCUT2D eigenvalue weighted by Gasteiger charge is -2.31. The minimum atomic E-state index is 0.704. The van der Waals surface area contributed by atoms with Gasteiger partial charge in [0.1, 0.15) is 0 Å². The van der Waals surface area contributed by atoms with Crippen molar-refractivity contribution in [2.75, 3.05) is 32.1 Å². The second-order valence-corrected chi connectivity index (χ2v) is 6.02. The van der Waals surface area contributed by atoms with Gasteiger partial charge < -0.3 is 10.2 Å². The Labute approximate surface area is 113 Å². The minimum Gasteiger partial charge on any atom is -0.317 e. The number of hydrogen-bond donors (Lipinski definition) is 1. The number of nitrogens with one attached hydrogen (secondary N) is 1. The van der Waals surface area contributed by atoms with Gasteiger partial charge in [-0.1, -0.05) is 6.92 Å². The third-order valence-electron chi connectivity index (χ3n) is 3.53. The van der Waals surface area contributed by atoms with Crippen LogP contribution in [0.15, 0.2) is 0 Å². The summed E-state index contributed by atoms with van der Waals surface area (Å²) in [6.45, 7) is 9.26. The Morgan fingerprint density at radius 3 is 2.35 bits per heavy atom. The Kier molecular flexibility index (Phi) is 11.5. The van der Waals surface area contributed by atoms with E-state index in [0.29, 0.717) is 12.1 Å². The third kappa shape index (κ3) is 8.92. The summed E-state index contributed by atoms with van der Waals surface area (Å²) in [5.74, 6) is 1.27. The molecule has 2 atom stereocenters. The molecular weight excluding hydrogens is 228 g/mol. The van der Waals surface area contributed by atoms with E-state index >= 15 is 0 Å². The quantitative estimate of drug-likeness (QED) is 0.574. The summed E-state index contributed by atoms with van der Waals surface area (Å²) in [6, 6.07) is 1.41. The highest BCUT2D eigenvalue weighted by Crippen LogP contribution is 2.12. The molecule has 0 fully saturated rings. The van der Waals surface area contributed by atoms with Crippen LogP contribution in [0, 0.1) is 0 Å². The molecule has 0 aromatic rings. The molecule has 2 unspecified atom stereocenters. The van der Waals surface area contributed by atoms with E-state index in [2.05, 4.69) is 44.3 Å². The van der Waals surface area contributed by atoms with Crippen LogP contribution < -0.4 is 5.32 Å². The highest BCUT2D eigenvalue weighted by molar-refractivity contribution is 7.98. The van der Waals surface area contributed by atoms with Crippen molar-refractivity contribution < 1.29 is 0 Å². The van der Waals surface area contributed by atoms with Gasteiger partial charge in [-0.15, -0.1) is 0 Å². The predicted octanol–water partition coefficient (Wildman–Crippen LogP) is 3.23. The first kappa shape index (κ1) is 17.3. The fraction of sp³-hybridized carbons (Fsp3) is 1.00. The van der Waals surface area contributed by atoms with E-state index in [1.807, 2.05) is 11.8 Å². The molecule has 0 saturated heterocycles. The molecule has 0 saturated carbocycles. The van der Waals surface area contributed by atoms with Crippen LogP contribution >= 0.6 is 11.8 Å². The number of hydrogen-bond acceptors (Lipinski definition) is 3. The molecule has 0 radical (unpaired) electrons. The van der Waals surface area contributed by atoms with Crippen molar-refractivity contribution in [2.45, 2.75) is 58.5 Å². The van der Waals surface area contributed by atoms with E-state index in [4.69, 9.17) is 0 Å². The lowest BCUT2D eigenvalue weighted by atomic mass is 10.1. The standard InChI is InChI=1S/C14H32N2S/c1-6-10-15-11-7-8-13(2)16(4)14(3)9-12-17-5/h13-15H,6-12H2,1-5H3. The molecule has 17 heavy (non-hydrogen) atoms. The predicted molar refractivity (Wildman–Crippen MR) is 82.1 cm³/mol. The number of thioether (sulfide) groups is 1. The lowest BCUT2D eigenvalue weighted by molar-refractivity contribution is 0.182. The molecule has 0 aliphatic heterocycles. The van der Waals surface area contributed by atoms with Gasteiger partial charge in [0, 0.05) is 12.1 Å². The van der Waals surface area contributed by atoms with Gasteiger partial charge in [-0.3, -0.25) is 0 Å². The van der Waals surface area contributed by atoms with Gasteiger partial charge in [0.05, 0.1) is 0 Å². The van der Waals surface area contributed by atoms with Gasteiger partial charge in [-0.25, -0.2) is 0 Å². The first-order chi connectivity index (χ1) is 8.13. The first-order valence-electron chi connectivity index (χ1n) is 7.05. The van der Waals surface area contributed by atoms with Crippen molar-refractivity contribution in [2.24, 2.45) is 0 Å². The summed E-state index contributed by atoms with van der Waals surface area (Å²) in [5.41, 5.74) is 0. The summed E-state index contributed by atoms with van der Waals surface area (Å²) in [5, 5.41) is 3.47. The summed E-state index contributed by atoms with van der Waals surface area (Å²) in [4.78, 5) is 2.54. The molecular formula is C14H32N2S. The van der Waals surface area contributed by atoms with Crippen LogP contribution in [0.5, 0.6) is 0 Å². The second kappa shape index (κ2) is 11.4. The molecule has 0 aliphatic rings. The average molecular weight is 260 g/mol. The Bertz CT molecular complexity index is 164. The SMILES string of the molecule is CCCNCCCC(C)N(C)C(C)CCSC. The Hall–Kier alpha value is 0.270. The van der Waals surface area contributed by atoms with E-state index in [1.165, 1.54) is 38.0 Å². The Morgan fingerprint density at radius 1 is 1.12 bits per heavy atom. The van der Waals surface area contributed by atoms with Crippen LogP contribution in [0.25, 0.3) is 0 Å². The molecule has 0 spiro atoms. The molecule has 1 N–H and O–H groups in total. The molecule has 0 aromatic heterocycles. The summed E-state index contributed by atoms with van der Waals surface area (Å²) in [6.07, 6.45) is 7.32. The summed E-state index contributed by atoms with van der Waals surface area (Å²) >= 11 is 1.95. The van der Waals surface area contributed by atoms with Crippen LogP contribution in [-0.2, 0) is 0 Å². The van der Waals surface area contributed by atoms with Crippen LogP contribution in [0.1, 0.15) is 46.5 Å². The van der Waals surface area contributed by atoms with E-state index in [9.17, 15) is 0 Å². The van der Waals surface area contributed by atoms with Crippen LogP contribution in [0.3, 0.4) is 0 Å². The first-order valence-corrected chi connectivity index (χ1v) is 8.44. The molecule has 2 nitrogen and oxygen atoms in total. The highest BCUT2D eigenvalue weighted by atomic mass is 32.2. The van der Waals surface area contributed by atoms with E-state index in [0.717, 1.165) is 6.54 Å². The molecule has 0 amide bonds. The molecule has 0 aliphatic carbocycles. The van der Waals surface area contributed by atoms with Crippen LogP contribution in [-0.4, -0.2) is 49.1 Å². The monoisotopic (exact) mass is 260 g/mol. The number of nitrogens with zero attached hydrogens (tertiary/aromatic N) is 1. The van der Waals surface area contributed by atoms with Crippen molar-refractivity contribution in [3.8, 4) is 0 Å². The van der Waals surface area contributed by atoms with Crippen LogP contribution in [0.2, 0.25) is 0 Å². The van der Waals surface area contributed by atoms with Crippen LogP contribution in [0.4, 0.5) is 0 Å². The average Bonchev–Trinajstić information content (AvgIpc) is 2.34. The molecule has 0 heterocycles. The summed E-state index contributed by atoms with van der Waals surface area (Å²) < 4.78 is 0. The van der Waals surface area contributed by atoms with Gasteiger partial charge >= 0.3 is 0 Å². The van der Waals surface area contributed by atoms with E-state index in [-0.39, 0.29) is 0 Å². The van der Waals surface area contributed by atoms with Crippen molar-refractivity contribution in [3.63, 3.8) is 0 Å². The van der Waals surface area contributed by atoms with Crippen molar-refractivity contribution in [1.82, 2.24) is 10.2 Å². The second-order valence-electron chi connectivity index (χ2n) is 5.04. The van der Waals surface area contributed by atoms with Gasteiger partial charge in [0.15, 0.2) is 0 Å². The minimum absolute atomic E-state index is 0.704. The molecule has 0 bridgehead atoms. The largest absolute Gasteiger partial charge is 0.317 e. The number of rotatable bonds is 11. The normalized spacial score (nSPS) is 15.2. The Balaban J connectivity index is 3.61. The van der Waals surface area contributed by atoms with E-state index in [1.54, 1.807) is 0 Å². The molecule has 104 valence electrons. The zero-order chi connectivity index (χ0) is 13.1. The molecule has 0 aromatic carbocycles. The lowest BCUT2D eigenvalue weighted by Crippen LogP contribution is -2.37. The van der Waals surface area contributed by atoms with Gasteiger partial charge in [0.25, 0.3) is 0 Å². The fourth-order valence-corrected chi connectivity index (χ4v) is 2.53. The Morgan fingerprint density at radius 2 is 1.76 bits per heavy atom. The third-order valence-corrected chi connectivity index (χ3v) is 4.18. The zero-order valence-electron chi connectivity index (χ0n) is 12.5. The van der Waals surface area contributed by atoms with Gasteiger partial charge in [0.2, 0.25) is 0 Å². The maximum atomic E-state index is 3.47. The fourth-order valence-electron chi connectivity index (χ4n) is 1.95. The van der Waals surface area contributed by atoms with Gasteiger partial charge in [-0.05, 0) is 71.7 Å². The highest BCUT2D eigenvalue weighted by Gasteiger charge is 2.14. The topological polar surface area (TPSA) is 15.3 Å². The maximum Gasteiger partial charge on any atom is 0.00745 e. The zero-order valence-corrected chi connectivity index (χ0v) is 13.3. The molecule has 3 heteroatoms. The van der Waals surface area contributed by atoms with E-state index < -0.39 is 0 Å². The smallest absolute Gasteiger partial charge is 0.00745 e.